The Hall–Kier alpha value is -0.850. The average Bonchev–Trinajstić information content (AvgIpc) is 2.99. The molecule has 1 aromatic rings. The van der Waals surface area contributed by atoms with E-state index in [1.807, 2.05) is 12.1 Å². The van der Waals surface area contributed by atoms with Gasteiger partial charge in [-0.1, -0.05) is 12.8 Å². The van der Waals surface area contributed by atoms with Gasteiger partial charge >= 0.3 is 0 Å². The maximum absolute atomic E-state index is 12.2. The Balaban J connectivity index is 1.62. The van der Waals surface area contributed by atoms with E-state index in [2.05, 4.69) is 9.62 Å². The minimum absolute atomic E-state index is 0.00599. The molecule has 3 rings (SSSR count). The van der Waals surface area contributed by atoms with Crippen molar-refractivity contribution >= 4 is 10.0 Å². The largest absolute Gasteiger partial charge is 0.468 e. The molecule has 1 N–H and O–H groups in total. The second-order valence-electron chi connectivity index (χ2n) is 6.55. The summed E-state index contributed by atoms with van der Waals surface area (Å²) in [7, 11) is -3.18. The van der Waals surface area contributed by atoms with Gasteiger partial charge in [-0.15, -0.1) is 0 Å². The Bertz CT molecular complexity index is 546. The molecule has 0 spiro atoms. The molecule has 1 unspecified atom stereocenters. The van der Waals surface area contributed by atoms with Crippen LogP contribution in [0.4, 0.5) is 0 Å². The Morgan fingerprint density at radius 3 is 2.59 bits per heavy atom. The van der Waals surface area contributed by atoms with E-state index in [-0.39, 0.29) is 11.8 Å². The first-order valence-electron chi connectivity index (χ1n) is 8.39. The van der Waals surface area contributed by atoms with Crippen LogP contribution in [0.25, 0.3) is 0 Å². The standard InChI is InChI=1S/C16H26N2O3S/c19-22(20,13-14-6-4-7-14)17-12-15(16-8-5-11-21-16)18-9-2-1-3-10-18/h5,8,11,14-15,17H,1-4,6-7,9-10,12-13H2. The van der Waals surface area contributed by atoms with Crippen molar-refractivity contribution in [1.82, 2.24) is 9.62 Å². The SMILES string of the molecule is O=S(=O)(CC1CCC1)NCC(c1ccco1)N1CCCCC1. The molecule has 5 nitrogen and oxygen atoms in total. The topological polar surface area (TPSA) is 62.6 Å². The maximum atomic E-state index is 12.2. The quantitative estimate of drug-likeness (QED) is 0.836. The van der Waals surface area contributed by atoms with Gasteiger partial charge in [0.25, 0.3) is 0 Å². The smallest absolute Gasteiger partial charge is 0.211 e. The lowest BCUT2D eigenvalue weighted by Crippen LogP contribution is -2.42. The molecule has 124 valence electrons. The Morgan fingerprint density at radius 2 is 2.00 bits per heavy atom. The number of rotatable bonds is 7. The molecule has 2 fully saturated rings. The van der Waals surface area contributed by atoms with Gasteiger partial charge in [0.1, 0.15) is 5.76 Å². The summed E-state index contributed by atoms with van der Waals surface area (Å²) in [5.41, 5.74) is 0. The molecule has 0 aromatic carbocycles. The van der Waals surface area contributed by atoms with Crippen LogP contribution < -0.4 is 4.72 Å². The van der Waals surface area contributed by atoms with Gasteiger partial charge in [0, 0.05) is 6.54 Å². The first-order valence-corrected chi connectivity index (χ1v) is 10.0. The van der Waals surface area contributed by atoms with Crippen molar-refractivity contribution in [3.05, 3.63) is 24.2 Å². The van der Waals surface area contributed by atoms with Crippen LogP contribution in [0.1, 0.15) is 50.3 Å². The number of likely N-dealkylation sites (tertiary alicyclic amines) is 1. The summed E-state index contributed by atoms with van der Waals surface area (Å²) < 4.78 is 32.8. The third-order valence-electron chi connectivity index (χ3n) is 4.88. The molecule has 1 atom stereocenters. The van der Waals surface area contributed by atoms with Crippen LogP contribution in [0.15, 0.2) is 22.8 Å². The zero-order chi connectivity index (χ0) is 15.4. The van der Waals surface area contributed by atoms with Crippen molar-refractivity contribution in [1.29, 1.82) is 0 Å². The number of hydrogen-bond donors (Lipinski definition) is 1. The Labute approximate surface area is 133 Å². The van der Waals surface area contributed by atoms with E-state index in [1.54, 1.807) is 6.26 Å². The van der Waals surface area contributed by atoms with Crippen molar-refractivity contribution in [2.45, 2.75) is 44.6 Å². The summed E-state index contributed by atoms with van der Waals surface area (Å²) in [6, 6.07) is 3.82. The van der Waals surface area contributed by atoms with Gasteiger partial charge in [-0.3, -0.25) is 4.90 Å². The lowest BCUT2D eigenvalue weighted by atomic mass is 9.87. The van der Waals surface area contributed by atoms with E-state index >= 15 is 0 Å². The van der Waals surface area contributed by atoms with Crippen LogP contribution in [-0.4, -0.2) is 38.7 Å². The monoisotopic (exact) mass is 326 g/mol. The summed E-state index contributed by atoms with van der Waals surface area (Å²) in [5, 5.41) is 0. The van der Waals surface area contributed by atoms with Gasteiger partial charge in [-0.2, -0.15) is 0 Å². The molecule has 1 aliphatic carbocycles. The van der Waals surface area contributed by atoms with E-state index in [0.717, 1.165) is 31.7 Å². The summed E-state index contributed by atoms with van der Waals surface area (Å²) >= 11 is 0. The highest BCUT2D eigenvalue weighted by Crippen LogP contribution is 2.28. The molecule has 6 heteroatoms. The number of hydrogen-bond acceptors (Lipinski definition) is 4. The number of piperidine rings is 1. The number of nitrogens with zero attached hydrogens (tertiary/aromatic N) is 1. The van der Waals surface area contributed by atoms with E-state index in [9.17, 15) is 8.42 Å². The van der Waals surface area contributed by atoms with Crippen LogP contribution in [-0.2, 0) is 10.0 Å². The normalized spacial score (nSPS) is 22.4. The highest BCUT2D eigenvalue weighted by atomic mass is 32.2. The highest BCUT2D eigenvalue weighted by Gasteiger charge is 2.28. The summed E-state index contributed by atoms with van der Waals surface area (Å²) in [4.78, 5) is 2.34. The highest BCUT2D eigenvalue weighted by molar-refractivity contribution is 7.89. The van der Waals surface area contributed by atoms with Crippen molar-refractivity contribution in [2.75, 3.05) is 25.4 Å². The van der Waals surface area contributed by atoms with Gasteiger partial charge in [0.2, 0.25) is 10.0 Å². The number of furan rings is 1. The zero-order valence-corrected chi connectivity index (χ0v) is 13.9. The van der Waals surface area contributed by atoms with Gasteiger partial charge in [-0.25, -0.2) is 13.1 Å². The fraction of sp³-hybridized carbons (Fsp3) is 0.750. The summed E-state index contributed by atoms with van der Waals surface area (Å²) in [6.45, 7) is 2.42. The molecular formula is C16H26N2O3S. The average molecular weight is 326 g/mol. The van der Waals surface area contributed by atoms with E-state index in [0.29, 0.717) is 12.5 Å². The Kier molecular flexibility index (Phi) is 5.21. The maximum Gasteiger partial charge on any atom is 0.211 e. The van der Waals surface area contributed by atoms with Crippen LogP contribution in [0, 0.1) is 5.92 Å². The van der Waals surface area contributed by atoms with Crippen LogP contribution in [0.5, 0.6) is 0 Å². The van der Waals surface area contributed by atoms with Crippen LogP contribution in [0.3, 0.4) is 0 Å². The molecule has 1 aromatic heterocycles. The molecular weight excluding hydrogens is 300 g/mol. The van der Waals surface area contributed by atoms with Gasteiger partial charge in [-0.05, 0) is 56.8 Å². The molecule has 2 heterocycles. The molecule has 0 radical (unpaired) electrons. The summed E-state index contributed by atoms with van der Waals surface area (Å²) in [5.74, 6) is 1.49. The van der Waals surface area contributed by atoms with E-state index in [1.165, 1.54) is 25.7 Å². The second kappa shape index (κ2) is 7.15. The Morgan fingerprint density at radius 1 is 1.23 bits per heavy atom. The predicted molar refractivity (Wildman–Crippen MR) is 86.0 cm³/mol. The fourth-order valence-electron chi connectivity index (χ4n) is 3.36. The van der Waals surface area contributed by atoms with Crippen LogP contribution >= 0.6 is 0 Å². The third-order valence-corrected chi connectivity index (χ3v) is 6.40. The van der Waals surface area contributed by atoms with Crippen molar-refractivity contribution in [2.24, 2.45) is 5.92 Å². The minimum atomic E-state index is -3.18. The molecule has 22 heavy (non-hydrogen) atoms. The van der Waals surface area contributed by atoms with Crippen LogP contribution in [0.2, 0.25) is 0 Å². The molecule has 1 saturated carbocycles. The molecule has 2 aliphatic rings. The van der Waals surface area contributed by atoms with E-state index < -0.39 is 10.0 Å². The number of nitrogens with one attached hydrogen (secondary N) is 1. The second-order valence-corrected chi connectivity index (χ2v) is 8.41. The number of sulfonamides is 1. The minimum Gasteiger partial charge on any atom is -0.468 e. The van der Waals surface area contributed by atoms with Crippen molar-refractivity contribution < 1.29 is 12.8 Å². The van der Waals surface area contributed by atoms with Gasteiger partial charge < -0.3 is 4.42 Å². The summed E-state index contributed by atoms with van der Waals surface area (Å²) in [6.07, 6.45) is 8.54. The lowest BCUT2D eigenvalue weighted by Gasteiger charge is -2.33. The fourth-order valence-corrected chi connectivity index (χ4v) is 4.84. The molecule has 1 saturated heterocycles. The predicted octanol–water partition coefficient (Wildman–Crippen LogP) is 2.53. The van der Waals surface area contributed by atoms with Crippen molar-refractivity contribution in [3.8, 4) is 0 Å². The van der Waals surface area contributed by atoms with Gasteiger partial charge in [0.15, 0.2) is 0 Å². The first-order chi connectivity index (χ1) is 10.6. The van der Waals surface area contributed by atoms with Crippen molar-refractivity contribution in [3.63, 3.8) is 0 Å². The molecule has 0 bridgehead atoms. The van der Waals surface area contributed by atoms with E-state index in [4.69, 9.17) is 4.42 Å². The first kappa shape index (κ1) is 16.0. The molecule has 1 aliphatic heterocycles. The lowest BCUT2D eigenvalue weighted by molar-refractivity contribution is 0.147. The zero-order valence-electron chi connectivity index (χ0n) is 13.0. The third kappa shape index (κ3) is 4.12. The van der Waals surface area contributed by atoms with Gasteiger partial charge in [0.05, 0.1) is 18.1 Å². The molecule has 0 amide bonds.